The Morgan fingerprint density at radius 1 is 1.53 bits per heavy atom. The Balaban J connectivity index is 0. The Kier molecular flexibility index (Phi) is 17.0. The van der Waals surface area contributed by atoms with Crippen molar-refractivity contribution in [1.29, 1.82) is 0 Å². The first kappa shape index (κ1) is 20.8. The van der Waals surface area contributed by atoms with Crippen LogP contribution in [0.25, 0.3) is 0 Å². The first-order chi connectivity index (χ1) is 9.05. The van der Waals surface area contributed by atoms with Gasteiger partial charge in [0, 0.05) is 11.8 Å². The van der Waals surface area contributed by atoms with Gasteiger partial charge in [-0.3, -0.25) is 0 Å². The molecule has 8 heteroatoms. The van der Waals surface area contributed by atoms with Crippen molar-refractivity contribution >= 4 is 34.1 Å². The van der Waals surface area contributed by atoms with Crippen molar-refractivity contribution in [1.82, 2.24) is 0 Å². The third-order valence-corrected chi connectivity index (χ3v) is 2.90. The molecule has 3 N–H and O–H groups in total. The molecule has 1 atom stereocenters. The number of rotatable bonds is 5. The van der Waals surface area contributed by atoms with Gasteiger partial charge in [0.2, 0.25) is 0 Å². The maximum absolute atomic E-state index is 9.84. The average molecular weight is 312 g/mol. The predicted molar refractivity (Wildman–Crippen MR) is 78.3 cm³/mol. The van der Waals surface area contributed by atoms with Crippen molar-refractivity contribution in [2.45, 2.75) is 6.10 Å². The Morgan fingerprint density at radius 2 is 2.05 bits per heavy atom. The van der Waals surface area contributed by atoms with E-state index in [0.717, 1.165) is 18.4 Å². The molecule has 1 aliphatic rings. The SMILES string of the molecule is C=CC(=O)OC.OCC(=S)SCC1CO1.OCCO. The van der Waals surface area contributed by atoms with Gasteiger partial charge in [-0.25, -0.2) is 4.79 Å². The van der Waals surface area contributed by atoms with Crippen LogP contribution in [-0.4, -0.2) is 70.9 Å². The minimum absolute atomic E-state index is 0.00667. The second-order valence-electron chi connectivity index (χ2n) is 2.97. The molecule has 0 radical (unpaired) electrons. The fourth-order valence-electron chi connectivity index (χ4n) is 0.479. The van der Waals surface area contributed by atoms with Crippen LogP contribution in [0.15, 0.2) is 12.7 Å². The molecular weight excluding hydrogens is 292 g/mol. The predicted octanol–water partition coefficient (Wildman–Crippen LogP) is -0.245. The van der Waals surface area contributed by atoms with E-state index in [0.29, 0.717) is 10.3 Å². The Labute approximate surface area is 122 Å². The van der Waals surface area contributed by atoms with Crippen LogP contribution in [0.3, 0.4) is 0 Å². The van der Waals surface area contributed by atoms with E-state index in [2.05, 4.69) is 11.3 Å². The van der Waals surface area contributed by atoms with Crippen LogP contribution in [0, 0.1) is 0 Å². The maximum Gasteiger partial charge on any atom is 0.329 e. The van der Waals surface area contributed by atoms with Crippen molar-refractivity contribution < 1.29 is 29.6 Å². The van der Waals surface area contributed by atoms with E-state index >= 15 is 0 Å². The van der Waals surface area contributed by atoms with Crippen molar-refractivity contribution in [3.8, 4) is 0 Å². The molecule has 0 saturated carbocycles. The maximum atomic E-state index is 9.84. The van der Waals surface area contributed by atoms with E-state index in [1.165, 1.54) is 18.9 Å². The summed E-state index contributed by atoms with van der Waals surface area (Å²) in [4.78, 5) is 9.84. The lowest BCUT2D eigenvalue weighted by Crippen LogP contribution is -1.99. The molecule has 0 aromatic rings. The van der Waals surface area contributed by atoms with Gasteiger partial charge in [-0.15, -0.1) is 11.8 Å². The zero-order valence-electron chi connectivity index (χ0n) is 10.8. The fraction of sp³-hybridized carbons (Fsp3) is 0.636. The quantitative estimate of drug-likeness (QED) is 0.277. The van der Waals surface area contributed by atoms with Gasteiger partial charge >= 0.3 is 5.97 Å². The molecule has 19 heavy (non-hydrogen) atoms. The van der Waals surface area contributed by atoms with Crippen molar-refractivity contribution in [3.63, 3.8) is 0 Å². The summed E-state index contributed by atoms with van der Waals surface area (Å²) < 4.78 is 9.74. The molecule has 0 aromatic carbocycles. The summed E-state index contributed by atoms with van der Waals surface area (Å²) >= 11 is 6.26. The molecule has 0 spiro atoms. The molecular formula is C11H20O6S2. The third-order valence-electron chi connectivity index (χ3n) is 1.43. The molecule has 0 bridgehead atoms. The van der Waals surface area contributed by atoms with E-state index in [-0.39, 0.29) is 19.8 Å². The summed E-state index contributed by atoms with van der Waals surface area (Å²) in [5.41, 5.74) is 0. The van der Waals surface area contributed by atoms with Gasteiger partial charge < -0.3 is 24.8 Å². The van der Waals surface area contributed by atoms with Gasteiger partial charge in [-0.1, -0.05) is 18.8 Å². The molecule has 0 aromatic heterocycles. The molecule has 1 unspecified atom stereocenters. The number of ether oxygens (including phenoxy) is 2. The fourth-order valence-corrected chi connectivity index (χ4v) is 1.34. The summed E-state index contributed by atoms with van der Waals surface area (Å²) in [5.74, 6) is 0.509. The highest BCUT2D eigenvalue weighted by molar-refractivity contribution is 8.23. The van der Waals surface area contributed by atoms with Crippen molar-refractivity contribution in [2.75, 3.05) is 39.3 Å². The monoisotopic (exact) mass is 312 g/mol. The molecule has 1 rings (SSSR count). The van der Waals surface area contributed by atoms with Crippen molar-refractivity contribution in [3.05, 3.63) is 12.7 Å². The number of thioether (sulfide) groups is 1. The van der Waals surface area contributed by atoms with Gasteiger partial charge in [0.25, 0.3) is 0 Å². The molecule has 1 saturated heterocycles. The molecule has 112 valence electrons. The topological polar surface area (TPSA) is 99.5 Å². The molecule has 1 aliphatic heterocycles. The number of esters is 1. The average Bonchev–Trinajstić information content (AvgIpc) is 3.28. The number of epoxide rings is 1. The van der Waals surface area contributed by atoms with Crippen LogP contribution < -0.4 is 0 Å². The summed E-state index contributed by atoms with van der Waals surface area (Å²) in [6.07, 6.45) is 1.51. The normalized spacial score (nSPS) is 15.1. The lowest BCUT2D eigenvalue weighted by molar-refractivity contribution is -0.134. The summed E-state index contributed by atoms with van der Waals surface area (Å²) in [5, 5.41) is 23.7. The van der Waals surface area contributed by atoms with Crippen LogP contribution in [0.5, 0.6) is 0 Å². The van der Waals surface area contributed by atoms with Gasteiger partial charge in [0.1, 0.15) is 0 Å². The van der Waals surface area contributed by atoms with Crippen molar-refractivity contribution in [2.24, 2.45) is 0 Å². The van der Waals surface area contributed by atoms with Gasteiger partial charge in [0.05, 0.1) is 43.8 Å². The van der Waals surface area contributed by atoms with Gasteiger partial charge in [0.15, 0.2) is 0 Å². The van der Waals surface area contributed by atoms with E-state index in [1.807, 2.05) is 0 Å². The zero-order valence-corrected chi connectivity index (χ0v) is 12.4. The Bertz CT molecular complexity index is 254. The minimum atomic E-state index is -0.394. The smallest absolute Gasteiger partial charge is 0.329 e. The molecule has 1 heterocycles. The number of hydrogen-bond acceptors (Lipinski definition) is 8. The Hall–Kier alpha value is -0.510. The number of methoxy groups -OCH3 is 1. The minimum Gasteiger partial charge on any atom is -0.466 e. The number of hydrogen-bond donors (Lipinski definition) is 3. The second kappa shape index (κ2) is 15.5. The first-order valence-electron chi connectivity index (χ1n) is 5.35. The summed E-state index contributed by atoms with van der Waals surface area (Å²) in [6, 6.07) is 0. The summed E-state index contributed by atoms with van der Waals surface area (Å²) in [7, 11) is 1.31. The van der Waals surface area contributed by atoms with E-state index in [4.69, 9.17) is 32.3 Å². The Morgan fingerprint density at radius 3 is 2.26 bits per heavy atom. The number of aliphatic hydroxyl groups is 3. The lowest BCUT2D eigenvalue weighted by atomic mass is 10.6. The second-order valence-corrected chi connectivity index (χ2v) is 4.84. The highest BCUT2D eigenvalue weighted by Crippen LogP contribution is 2.16. The van der Waals surface area contributed by atoms with Gasteiger partial charge in [-0.05, 0) is 0 Å². The van der Waals surface area contributed by atoms with Gasteiger partial charge in [-0.2, -0.15) is 0 Å². The lowest BCUT2D eigenvalue weighted by Gasteiger charge is -1.94. The number of carbonyl (C=O) groups excluding carboxylic acids is 1. The first-order valence-corrected chi connectivity index (χ1v) is 6.75. The molecule has 0 amide bonds. The highest BCUT2D eigenvalue weighted by atomic mass is 32.2. The molecule has 6 nitrogen and oxygen atoms in total. The highest BCUT2D eigenvalue weighted by Gasteiger charge is 2.22. The van der Waals surface area contributed by atoms with E-state index in [1.54, 1.807) is 0 Å². The number of carbonyl (C=O) groups is 1. The van der Waals surface area contributed by atoms with Crippen LogP contribution in [-0.2, 0) is 14.3 Å². The van der Waals surface area contributed by atoms with E-state index < -0.39 is 5.97 Å². The third kappa shape index (κ3) is 20.0. The largest absolute Gasteiger partial charge is 0.466 e. The van der Waals surface area contributed by atoms with E-state index in [9.17, 15) is 4.79 Å². The molecule has 1 fully saturated rings. The van der Waals surface area contributed by atoms with Crippen LogP contribution in [0.4, 0.5) is 0 Å². The number of thiocarbonyl (C=S) groups is 1. The summed E-state index contributed by atoms with van der Waals surface area (Å²) in [6.45, 7) is 3.78. The zero-order chi connectivity index (χ0) is 15.1. The van der Waals surface area contributed by atoms with Crippen LogP contribution in [0.1, 0.15) is 0 Å². The standard InChI is InChI=1S/C5H8O2S2.C4H6O2.C2H6O2/c6-1-5(8)9-3-4-2-7-4;1-3-4(5)6-2;3-1-2-4/h4,6H,1-3H2;3H,1H2,2H3;3-4H,1-2H2. The van der Waals surface area contributed by atoms with Crippen LogP contribution in [0.2, 0.25) is 0 Å². The number of aliphatic hydroxyl groups excluding tert-OH is 3. The van der Waals surface area contributed by atoms with Crippen LogP contribution >= 0.6 is 24.0 Å². The molecule has 0 aliphatic carbocycles.